The van der Waals surface area contributed by atoms with Gasteiger partial charge in [0, 0.05) is 30.6 Å². The Labute approximate surface area is 204 Å². The second-order valence-corrected chi connectivity index (χ2v) is 9.43. The number of hydrogen-bond acceptors (Lipinski definition) is 5. The highest BCUT2D eigenvalue weighted by Gasteiger charge is 2.37. The quantitative estimate of drug-likeness (QED) is 0.393. The Morgan fingerprint density at radius 1 is 1.14 bits per heavy atom. The summed E-state index contributed by atoms with van der Waals surface area (Å²) in [6.07, 6.45) is -3.06. The van der Waals surface area contributed by atoms with Gasteiger partial charge in [-0.1, -0.05) is 42.0 Å². The van der Waals surface area contributed by atoms with Crippen molar-refractivity contribution in [3.63, 3.8) is 0 Å². The summed E-state index contributed by atoms with van der Waals surface area (Å²) < 4.78 is 41.7. The number of anilines is 1. The van der Waals surface area contributed by atoms with E-state index in [1.165, 1.54) is 16.9 Å². The predicted molar refractivity (Wildman–Crippen MR) is 130 cm³/mol. The fourth-order valence-corrected chi connectivity index (χ4v) is 5.36. The molecule has 0 saturated carbocycles. The lowest BCUT2D eigenvalue weighted by Gasteiger charge is -2.23. The zero-order valence-corrected chi connectivity index (χ0v) is 19.9. The number of nitrogens with zero attached hydrogens (tertiary/aromatic N) is 4. The third-order valence-electron chi connectivity index (χ3n) is 6.18. The van der Waals surface area contributed by atoms with Crippen molar-refractivity contribution in [1.29, 1.82) is 0 Å². The molecule has 0 radical (unpaired) electrons. The zero-order chi connectivity index (χ0) is 24.6. The van der Waals surface area contributed by atoms with Crippen LogP contribution in [0.5, 0.6) is 0 Å². The number of aromatic nitrogens is 3. The number of halogens is 3. The van der Waals surface area contributed by atoms with Gasteiger partial charge in [-0.15, -0.1) is 11.3 Å². The molecule has 3 heterocycles. The predicted octanol–water partition coefficient (Wildman–Crippen LogP) is 5.27. The maximum atomic E-state index is 13.5. The van der Waals surface area contributed by atoms with Crippen LogP contribution in [0.15, 0.2) is 53.9 Å². The number of fused-ring (bicyclic) bond motifs is 1. The third kappa shape index (κ3) is 4.75. The number of aryl methyl sites for hydroxylation is 1. The summed E-state index contributed by atoms with van der Waals surface area (Å²) in [5, 5.41) is 5.59. The van der Waals surface area contributed by atoms with Crippen molar-refractivity contribution in [3.05, 3.63) is 65.3 Å². The number of imidazole rings is 1. The summed E-state index contributed by atoms with van der Waals surface area (Å²) in [5.41, 5.74) is 3.73. The van der Waals surface area contributed by atoms with Gasteiger partial charge in [0.1, 0.15) is 6.04 Å². The summed E-state index contributed by atoms with van der Waals surface area (Å²) >= 11 is 1.49. The van der Waals surface area contributed by atoms with Crippen molar-refractivity contribution in [2.75, 3.05) is 18.0 Å². The minimum atomic E-state index is -4.58. The van der Waals surface area contributed by atoms with E-state index in [1.807, 2.05) is 41.5 Å². The first-order valence-corrected chi connectivity index (χ1v) is 12.3. The molecule has 2 aromatic carbocycles. The average Bonchev–Trinajstić information content (AvgIpc) is 3.57. The molecule has 0 unspecified atom stereocenters. The number of hydrogen-bond donors (Lipinski definition) is 1. The van der Waals surface area contributed by atoms with E-state index in [0.29, 0.717) is 18.5 Å². The lowest BCUT2D eigenvalue weighted by Crippen LogP contribution is -2.44. The van der Waals surface area contributed by atoms with Gasteiger partial charge in [-0.05, 0) is 31.9 Å². The van der Waals surface area contributed by atoms with Crippen molar-refractivity contribution in [2.24, 2.45) is 0 Å². The van der Waals surface area contributed by atoms with E-state index in [1.54, 1.807) is 24.3 Å². The van der Waals surface area contributed by atoms with Gasteiger partial charge in [0.25, 0.3) is 0 Å². The van der Waals surface area contributed by atoms with Crippen LogP contribution in [0.1, 0.15) is 24.2 Å². The Bertz CT molecular complexity index is 1350. The van der Waals surface area contributed by atoms with Crippen LogP contribution in [0.2, 0.25) is 0 Å². The molecule has 1 aliphatic heterocycles. The number of nitrogens with one attached hydrogen (secondary N) is 1. The lowest BCUT2D eigenvalue weighted by atomic mass is 10.1. The highest BCUT2D eigenvalue weighted by Crippen LogP contribution is 2.33. The first-order chi connectivity index (χ1) is 16.8. The Kier molecular flexibility index (Phi) is 6.22. The van der Waals surface area contributed by atoms with E-state index in [9.17, 15) is 18.0 Å². The van der Waals surface area contributed by atoms with Gasteiger partial charge in [0.05, 0.1) is 16.7 Å². The molecule has 1 N–H and O–H groups in total. The summed E-state index contributed by atoms with van der Waals surface area (Å²) in [4.78, 5) is 23.5. The fourth-order valence-electron chi connectivity index (χ4n) is 4.45. The van der Waals surface area contributed by atoms with Crippen LogP contribution in [-0.4, -0.2) is 39.6 Å². The molecule has 1 amide bonds. The Balaban J connectivity index is 1.27. The summed E-state index contributed by atoms with van der Waals surface area (Å²) in [5.74, 6) is -1.16. The third-order valence-corrected chi connectivity index (χ3v) is 7.06. The standard InChI is InChI=1S/C25H24F3N5OS/c1-16-8-10-17(11-9-16)19-15-35-24(31-19)33-13-4-7-21(33)22(34)29-12-14-32-20-6-3-2-5-18(20)30-23(32)25(26,27)28/h2-3,5-6,8-11,15,21H,4,7,12-14H2,1H3,(H,29,34)/t21-/m1/s1. The van der Waals surface area contributed by atoms with Crippen molar-refractivity contribution in [1.82, 2.24) is 19.9 Å². The molecule has 0 spiro atoms. The molecule has 4 aromatic rings. The summed E-state index contributed by atoms with van der Waals surface area (Å²) in [6, 6.07) is 14.2. The number of alkyl halides is 3. The van der Waals surface area contributed by atoms with Crippen LogP contribution in [-0.2, 0) is 17.5 Å². The van der Waals surface area contributed by atoms with E-state index >= 15 is 0 Å². The van der Waals surface area contributed by atoms with Gasteiger partial charge in [0.15, 0.2) is 5.13 Å². The number of carbonyl (C=O) groups is 1. The Hall–Kier alpha value is -3.40. The van der Waals surface area contributed by atoms with Crippen LogP contribution in [0.3, 0.4) is 0 Å². The van der Waals surface area contributed by atoms with Gasteiger partial charge in [-0.2, -0.15) is 13.2 Å². The van der Waals surface area contributed by atoms with E-state index in [0.717, 1.165) is 27.4 Å². The van der Waals surface area contributed by atoms with Crippen LogP contribution in [0.25, 0.3) is 22.3 Å². The number of thiazole rings is 1. The molecule has 1 saturated heterocycles. The molecule has 1 fully saturated rings. The van der Waals surface area contributed by atoms with Gasteiger partial charge < -0.3 is 14.8 Å². The number of amides is 1. The Morgan fingerprint density at radius 2 is 1.91 bits per heavy atom. The first kappa shape index (κ1) is 23.3. The van der Waals surface area contributed by atoms with Crippen molar-refractivity contribution < 1.29 is 18.0 Å². The van der Waals surface area contributed by atoms with E-state index in [4.69, 9.17) is 4.98 Å². The smallest absolute Gasteiger partial charge is 0.353 e. The highest BCUT2D eigenvalue weighted by atomic mass is 32.1. The molecule has 6 nitrogen and oxygen atoms in total. The molecule has 0 bridgehead atoms. The van der Waals surface area contributed by atoms with Crippen LogP contribution in [0.4, 0.5) is 18.3 Å². The SMILES string of the molecule is Cc1ccc(-c2csc(N3CCC[C@@H]3C(=O)NCCn3c(C(F)(F)F)nc4ccccc43)n2)cc1. The summed E-state index contributed by atoms with van der Waals surface area (Å²) in [7, 11) is 0. The Morgan fingerprint density at radius 3 is 2.69 bits per heavy atom. The molecule has 10 heteroatoms. The van der Waals surface area contributed by atoms with Crippen molar-refractivity contribution >= 4 is 33.4 Å². The second-order valence-electron chi connectivity index (χ2n) is 8.60. The maximum Gasteiger partial charge on any atom is 0.449 e. The van der Waals surface area contributed by atoms with Gasteiger partial charge >= 0.3 is 6.18 Å². The number of para-hydroxylation sites is 2. The topological polar surface area (TPSA) is 63.1 Å². The molecular weight excluding hydrogens is 475 g/mol. The average molecular weight is 500 g/mol. The number of carbonyl (C=O) groups excluding carboxylic acids is 1. The molecule has 2 aromatic heterocycles. The lowest BCUT2D eigenvalue weighted by molar-refractivity contribution is -0.146. The molecule has 0 aliphatic carbocycles. The fraction of sp³-hybridized carbons (Fsp3) is 0.320. The largest absolute Gasteiger partial charge is 0.449 e. The van der Waals surface area contributed by atoms with E-state index in [-0.39, 0.29) is 24.5 Å². The minimum absolute atomic E-state index is 0.0252. The molecule has 1 atom stereocenters. The van der Waals surface area contributed by atoms with Gasteiger partial charge in [-0.25, -0.2) is 9.97 Å². The molecule has 5 rings (SSSR count). The number of benzene rings is 2. The van der Waals surface area contributed by atoms with Crippen LogP contribution in [0, 0.1) is 6.92 Å². The molecule has 35 heavy (non-hydrogen) atoms. The minimum Gasteiger partial charge on any atom is -0.353 e. The van der Waals surface area contributed by atoms with Crippen molar-refractivity contribution in [3.8, 4) is 11.3 Å². The van der Waals surface area contributed by atoms with Crippen molar-refractivity contribution in [2.45, 2.75) is 38.5 Å². The normalized spacial score (nSPS) is 16.2. The zero-order valence-electron chi connectivity index (χ0n) is 19.0. The molecule has 1 aliphatic rings. The van der Waals surface area contributed by atoms with E-state index in [2.05, 4.69) is 10.3 Å². The monoisotopic (exact) mass is 499 g/mol. The van der Waals surface area contributed by atoms with Crippen LogP contribution < -0.4 is 10.2 Å². The second kappa shape index (κ2) is 9.33. The highest BCUT2D eigenvalue weighted by molar-refractivity contribution is 7.14. The molecule has 182 valence electrons. The van der Waals surface area contributed by atoms with Gasteiger partial charge in [0.2, 0.25) is 11.7 Å². The summed E-state index contributed by atoms with van der Waals surface area (Å²) in [6.45, 7) is 2.79. The maximum absolute atomic E-state index is 13.5. The van der Waals surface area contributed by atoms with Gasteiger partial charge in [-0.3, -0.25) is 4.79 Å². The first-order valence-electron chi connectivity index (χ1n) is 11.4. The molecular formula is C25H24F3N5OS. The van der Waals surface area contributed by atoms with E-state index < -0.39 is 18.0 Å². The van der Waals surface area contributed by atoms with Crippen LogP contribution >= 0.6 is 11.3 Å². The number of rotatable bonds is 6.